The summed E-state index contributed by atoms with van der Waals surface area (Å²) in [4.78, 5) is 24.9. The number of phenols is 1. The number of nitrogens with zero attached hydrogens (tertiary/aromatic N) is 1. The van der Waals surface area contributed by atoms with Crippen LogP contribution in [0.1, 0.15) is 5.69 Å². The molecule has 1 aromatic heterocycles. The zero-order valence-corrected chi connectivity index (χ0v) is 9.65. The van der Waals surface area contributed by atoms with E-state index in [1.54, 1.807) is 6.92 Å². The predicted molar refractivity (Wildman–Crippen MR) is 64.1 cm³/mol. The lowest BCUT2D eigenvalue weighted by atomic mass is 10.2. The molecule has 6 heteroatoms. The first-order valence-electron chi connectivity index (χ1n) is 4.81. The monoisotopic (exact) mass is 252 g/mol. The van der Waals surface area contributed by atoms with Gasteiger partial charge < -0.3 is 5.11 Å². The maximum absolute atomic E-state index is 11.7. The summed E-state index contributed by atoms with van der Waals surface area (Å²) in [5, 5.41) is 10.1. The Balaban J connectivity index is 2.81. The second-order valence-corrected chi connectivity index (χ2v) is 3.99. The maximum atomic E-state index is 11.7. The molecule has 0 unspecified atom stereocenters. The van der Waals surface area contributed by atoms with E-state index < -0.39 is 11.2 Å². The Kier molecular flexibility index (Phi) is 2.77. The molecular weight excluding hydrogens is 244 g/mol. The van der Waals surface area contributed by atoms with Gasteiger partial charge in [-0.15, -0.1) is 0 Å². The van der Waals surface area contributed by atoms with Crippen LogP contribution >= 0.6 is 11.6 Å². The number of nitrogens with one attached hydrogen (secondary N) is 1. The minimum Gasteiger partial charge on any atom is -0.506 e. The summed E-state index contributed by atoms with van der Waals surface area (Å²) in [7, 11) is 0. The van der Waals surface area contributed by atoms with E-state index in [0.717, 1.165) is 0 Å². The summed E-state index contributed by atoms with van der Waals surface area (Å²) in [5.41, 5.74) is -0.453. The predicted octanol–water partition coefficient (Wildman–Crippen LogP) is 1.19. The van der Waals surface area contributed by atoms with Crippen LogP contribution in [0.2, 0.25) is 5.02 Å². The van der Waals surface area contributed by atoms with Gasteiger partial charge in [0.1, 0.15) is 5.75 Å². The Labute approximate surface area is 101 Å². The molecule has 1 heterocycles. The number of aromatic amines is 1. The van der Waals surface area contributed by atoms with E-state index in [2.05, 4.69) is 4.98 Å². The number of hydrogen-bond donors (Lipinski definition) is 2. The summed E-state index contributed by atoms with van der Waals surface area (Å²) >= 11 is 5.80. The molecule has 2 aromatic rings. The van der Waals surface area contributed by atoms with Crippen LogP contribution in [0.4, 0.5) is 0 Å². The molecular formula is C11H9ClN2O3. The van der Waals surface area contributed by atoms with Crippen LogP contribution in [-0.4, -0.2) is 14.7 Å². The molecule has 0 aliphatic heterocycles. The first kappa shape index (κ1) is 11.5. The minimum atomic E-state index is -0.618. The van der Waals surface area contributed by atoms with Gasteiger partial charge in [-0.2, -0.15) is 0 Å². The lowest BCUT2D eigenvalue weighted by Crippen LogP contribution is -2.29. The number of phenolic OH excluding ortho intramolecular Hbond substituents is 1. The number of aromatic nitrogens is 2. The summed E-state index contributed by atoms with van der Waals surface area (Å²) < 4.78 is 1.18. The summed E-state index contributed by atoms with van der Waals surface area (Å²) in [5.74, 6) is -0.0911. The summed E-state index contributed by atoms with van der Waals surface area (Å²) in [6.07, 6.45) is 0. The van der Waals surface area contributed by atoms with Crippen molar-refractivity contribution in [2.45, 2.75) is 6.92 Å². The Morgan fingerprint density at radius 3 is 2.65 bits per heavy atom. The Hall–Kier alpha value is -2.01. The van der Waals surface area contributed by atoms with E-state index >= 15 is 0 Å². The van der Waals surface area contributed by atoms with Crippen LogP contribution in [0, 0.1) is 6.92 Å². The van der Waals surface area contributed by atoms with Gasteiger partial charge in [0, 0.05) is 16.8 Å². The van der Waals surface area contributed by atoms with Gasteiger partial charge in [0.05, 0.1) is 5.69 Å². The van der Waals surface area contributed by atoms with Crippen molar-refractivity contribution >= 4 is 11.6 Å². The molecule has 5 nitrogen and oxygen atoms in total. The van der Waals surface area contributed by atoms with Gasteiger partial charge in [-0.1, -0.05) is 11.6 Å². The smallest absolute Gasteiger partial charge is 0.333 e. The van der Waals surface area contributed by atoms with Crippen LogP contribution < -0.4 is 11.2 Å². The molecule has 0 amide bonds. The average molecular weight is 253 g/mol. The highest BCUT2D eigenvalue weighted by Crippen LogP contribution is 2.24. The first-order chi connectivity index (χ1) is 7.99. The van der Waals surface area contributed by atoms with Crippen LogP contribution in [-0.2, 0) is 0 Å². The quantitative estimate of drug-likeness (QED) is 0.801. The number of aryl methyl sites for hydroxylation is 1. The van der Waals surface area contributed by atoms with Crippen molar-refractivity contribution in [2.75, 3.05) is 0 Å². The SMILES string of the molecule is Cc1cc(=O)[nH]c(=O)n1-c1cc(Cl)ccc1O. The molecule has 2 rings (SSSR count). The molecule has 0 bridgehead atoms. The van der Waals surface area contributed by atoms with Gasteiger partial charge in [-0.3, -0.25) is 14.3 Å². The molecule has 0 saturated carbocycles. The molecule has 0 saturated heterocycles. The molecule has 2 N–H and O–H groups in total. The van der Waals surface area contributed by atoms with Gasteiger partial charge in [-0.25, -0.2) is 4.79 Å². The molecule has 0 spiro atoms. The number of benzene rings is 1. The molecule has 0 aliphatic carbocycles. The zero-order valence-electron chi connectivity index (χ0n) is 8.90. The highest BCUT2D eigenvalue weighted by Gasteiger charge is 2.09. The van der Waals surface area contributed by atoms with Crippen molar-refractivity contribution < 1.29 is 5.11 Å². The standard InChI is InChI=1S/C11H9ClN2O3/c1-6-4-10(16)13-11(17)14(6)8-5-7(12)2-3-9(8)15/h2-5,15H,1H3,(H,13,16,17). The molecule has 0 aliphatic rings. The second kappa shape index (κ2) is 4.10. The molecule has 17 heavy (non-hydrogen) atoms. The maximum Gasteiger partial charge on any atom is 0.333 e. The lowest BCUT2D eigenvalue weighted by molar-refractivity contribution is 0.471. The topological polar surface area (TPSA) is 75.1 Å². The fraction of sp³-hybridized carbons (Fsp3) is 0.0909. The van der Waals surface area contributed by atoms with Crippen molar-refractivity contribution in [2.24, 2.45) is 0 Å². The Morgan fingerprint density at radius 2 is 2.00 bits per heavy atom. The molecule has 88 valence electrons. The minimum absolute atomic E-state index is 0.0911. The molecule has 1 aromatic carbocycles. The van der Waals surface area contributed by atoms with Crippen LogP contribution in [0.15, 0.2) is 33.9 Å². The summed E-state index contributed by atoms with van der Waals surface area (Å²) in [6.45, 7) is 1.59. The van der Waals surface area contributed by atoms with Crippen LogP contribution in [0.25, 0.3) is 5.69 Å². The highest BCUT2D eigenvalue weighted by molar-refractivity contribution is 6.30. The number of H-pyrrole nitrogens is 1. The fourth-order valence-electron chi connectivity index (χ4n) is 1.59. The van der Waals surface area contributed by atoms with Crippen molar-refractivity contribution in [1.29, 1.82) is 0 Å². The summed E-state index contributed by atoms with van der Waals surface area (Å²) in [6, 6.07) is 5.60. The zero-order chi connectivity index (χ0) is 12.6. The number of aromatic hydroxyl groups is 1. The fourth-order valence-corrected chi connectivity index (χ4v) is 1.75. The molecule has 0 atom stereocenters. The van der Waals surface area contributed by atoms with Gasteiger partial charge in [0.15, 0.2) is 0 Å². The normalized spacial score (nSPS) is 10.5. The molecule has 0 radical (unpaired) electrons. The van der Waals surface area contributed by atoms with Crippen molar-refractivity contribution in [1.82, 2.24) is 9.55 Å². The van der Waals surface area contributed by atoms with E-state index in [1.165, 1.54) is 28.8 Å². The number of rotatable bonds is 1. The number of halogens is 1. The van der Waals surface area contributed by atoms with Crippen LogP contribution in [0.5, 0.6) is 5.75 Å². The average Bonchev–Trinajstić information content (AvgIpc) is 2.21. The van der Waals surface area contributed by atoms with E-state index in [4.69, 9.17) is 11.6 Å². The van der Waals surface area contributed by atoms with Crippen molar-refractivity contribution in [3.8, 4) is 11.4 Å². The van der Waals surface area contributed by atoms with Gasteiger partial charge in [-0.05, 0) is 25.1 Å². The Bertz CT molecular complexity index is 688. The van der Waals surface area contributed by atoms with Crippen molar-refractivity contribution in [3.63, 3.8) is 0 Å². The van der Waals surface area contributed by atoms with Crippen molar-refractivity contribution in [3.05, 3.63) is 55.8 Å². The third-order valence-corrected chi connectivity index (χ3v) is 2.54. The molecule has 0 fully saturated rings. The van der Waals surface area contributed by atoms with Gasteiger partial charge in [0.2, 0.25) is 0 Å². The Morgan fingerprint density at radius 1 is 1.29 bits per heavy atom. The van der Waals surface area contributed by atoms with E-state index in [1.807, 2.05) is 0 Å². The number of hydrogen-bond acceptors (Lipinski definition) is 3. The lowest BCUT2D eigenvalue weighted by Gasteiger charge is -2.10. The second-order valence-electron chi connectivity index (χ2n) is 3.55. The van der Waals surface area contributed by atoms with Crippen LogP contribution in [0.3, 0.4) is 0 Å². The van der Waals surface area contributed by atoms with E-state index in [-0.39, 0.29) is 11.4 Å². The third kappa shape index (κ3) is 2.09. The van der Waals surface area contributed by atoms with E-state index in [9.17, 15) is 14.7 Å². The third-order valence-electron chi connectivity index (χ3n) is 2.30. The van der Waals surface area contributed by atoms with Gasteiger partial charge >= 0.3 is 5.69 Å². The largest absolute Gasteiger partial charge is 0.506 e. The highest BCUT2D eigenvalue weighted by atomic mass is 35.5. The first-order valence-corrected chi connectivity index (χ1v) is 5.19. The van der Waals surface area contributed by atoms with E-state index in [0.29, 0.717) is 10.7 Å². The van der Waals surface area contributed by atoms with Gasteiger partial charge in [0.25, 0.3) is 5.56 Å².